The first-order chi connectivity index (χ1) is 11.1. The maximum atomic E-state index is 12.3. The monoisotopic (exact) mass is 334 g/mol. The van der Waals surface area contributed by atoms with Crippen LogP contribution in [0.4, 0.5) is 0 Å². The molecule has 0 heterocycles. The number of nitrogens with two attached hydrogens (primary N) is 1. The third-order valence-electron chi connectivity index (χ3n) is 5.01. The molecule has 1 fully saturated rings. The van der Waals surface area contributed by atoms with E-state index in [1.165, 1.54) is 30.4 Å². The minimum absolute atomic E-state index is 0.00310. The second-order valence-corrected chi connectivity index (χ2v) is 7.80. The molecule has 0 aromatic heterocycles. The third kappa shape index (κ3) is 4.98. The predicted octanol–water partition coefficient (Wildman–Crippen LogP) is 3.39. The number of benzene rings is 1. The van der Waals surface area contributed by atoms with Crippen molar-refractivity contribution in [3.8, 4) is 0 Å². The van der Waals surface area contributed by atoms with Crippen molar-refractivity contribution in [1.82, 2.24) is 5.32 Å². The van der Waals surface area contributed by atoms with Crippen LogP contribution in [0.25, 0.3) is 0 Å². The van der Waals surface area contributed by atoms with Crippen LogP contribution in [0.15, 0.2) is 24.3 Å². The van der Waals surface area contributed by atoms with Crippen molar-refractivity contribution in [2.75, 3.05) is 18.6 Å². The second-order valence-electron chi connectivity index (χ2n) is 6.82. The molecule has 1 aliphatic carbocycles. The number of carbonyl (C=O) groups is 1. The number of aryl methyl sites for hydroxylation is 1. The SMILES string of the molecule is CSCC[C@H](N)C(=O)NCC1(c2cccc(C)c2)CCCCC1. The zero-order valence-electron chi connectivity index (χ0n) is 14.4. The summed E-state index contributed by atoms with van der Waals surface area (Å²) < 4.78 is 0. The molecule has 0 radical (unpaired) electrons. The van der Waals surface area contributed by atoms with E-state index in [0.717, 1.165) is 25.0 Å². The molecule has 4 heteroatoms. The molecule has 0 saturated heterocycles. The summed E-state index contributed by atoms with van der Waals surface area (Å²) >= 11 is 1.73. The molecule has 0 spiro atoms. The molecule has 3 nitrogen and oxygen atoms in total. The van der Waals surface area contributed by atoms with Crippen LogP contribution in [0.3, 0.4) is 0 Å². The highest BCUT2D eigenvalue weighted by Gasteiger charge is 2.34. The molecule has 2 rings (SSSR count). The number of nitrogens with one attached hydrogen (secondary N) is 1. The molecule has 23 heavy (non-hydrogen) atoms. The number of amides is 1. The van der Waals surface area contributed by atoms with E-state index in [9.17, 15) is 4.79 Å². The highest BCUT2D eigenvalue weighted by molar-refractivity contribution is 7.98. The molecule has 1 amide bonds. The highest BCUT2D eigenvalue weighted by Crippen LogP contribution is 2.39. The Kier molecular flexibility index (Phi) is 6.97. The van der Waals surface area contributed by atoms with Crippen LogP contribution in [0.5, 0.6) is 0 Å². The first-order valence-electron chi connectivity index (χ1n) is 8.67. The van der Waals surface area contributed by atoms with Crippen LogP contribution < -0.4 is 11.1 Å². The molecular formula is C19H30N2OS. The molecule has 1 aliphatic rings. The quantitative estimate of drug-likeness (QED) is 0.803. The molecule has 1 atom stereocenters. The molecule has 0 unspecified atom stereocenters. The Morgan fingerprint density at radius 2 is 2.09 bits per heavy atom. The Morgan fingerprint density at radius 1 is 1.35 bits per heavy atom. The van der Waals surface area contributed by atoms with Crippen molar-refractivity contribution >= 4 is 17.7 Å². The van der Waals surface area contributed by atoms with Crippen molar-refractivity contribution < 1.29 is 4.79 Å². The standard InChI is InChI=1S/C19H30N2OS/c1-15-7-6-8-16(13-15)19(10-4-3-5-11-19)14-21-18(22)17(20)9-12-23-2/h6-8,13,17H,3-5,9-12,14,20H2,1-2H3,(H,21,22)/t17-/m0/s1. The van der Waals surface area contributed by atoms with Crippen LogP contribution >= 0.6 is 11.8 Å². The average Bonchev–Trinajstić information content (AvgIpc) is 2.58. The lowest BCUT2D eigenvalue weighted by atomic mass is 9.69. The van der Waals surface area contributed by atoms with E-state index in [-0.39, 0.29) is 17.4 Å². The summed E-state index contributed by atoms with van der Waals surface area (Å²) in [7, 11) is 0. The van der Waals surface area contributed by atoms with E-state index < -0.39 is 0 Å². The first-order valence-corrected chi connectivity index (χ1v) is 10.1. The Morgan fingerprint density at radius 3 is 2.74 bits per heavy atom. The van der Waals surface area contributed by atoms with Crippen molar-refractivity contribution in [3.05, 3.63) is 35.4 Å². The van der Waals surface area contributed by atoms with Crippen LogP contribution in [-0.4, -0.2) is 30.5 Å². The van der Waals surface area contributed by atoms with Gasteiger partial charge in [0.2, 0.25) is 5.91 Å². The largest absolute Gasteiger partial charge is 0.354 e. The molecule has 1 aromatic rings. The van der Waals surface area contributed by atoms with E-state index in [4.69, 9.17) is 5.73 Å². The fraction of sp³-hybridized carbons (Fsp3) is 0.632. The van der Waals surface area contributed by atoms with Gasteiger partial charge in [-0.3, -0.25) is 4.79 Å². The molecule has 1 saturated carbocycles. The second kappa shape index (κ2) is 8.74. The van der Waals surface area contributed by atoms with Crippen molar-refractivity contribution in [2.24, 2.45) is 5.73 Å². The maximum Gasteiger partial charge on any atom is 0.236 e. The van der Waals surface area contributed by atoms with E-state index in [0.29, 0.717) is 6.54 Å². The summed E-state index contributed by atoms with van der Waals surface area (Å²) in [5.74, 6) is 0.925. The van der Waals surface area contributed by atoms with Crippen LogP contribution in [-0.2, 0) is 10.2 Å². The van der Waals surface area contributed by atoms with Crippen LogP contribution in [0.2, 0.25) is 0 Å². The summed E-state index contributed by atoms with van der Waals surface area (Å²) in [6, 6.07) is 8.38. The fourth-order valence-corrected chi connectivity index (χ4v) is 4.02. The Labute approximate surface area is 144 Å². The molecule has 0 bridgehead atoms. The normalized spacial score (nSPS) is 18.4. The summed E-state index contributed by atoms with van der Waals surface area (Å²) in [4.78, 5) is 12.3. The predicted molar refractivity (Wildman–Crippen MR) is 99.9 cm³/mol. The summed E-state index contributed by atoms with van der Waals surface area (Å²) in [5.41, 5.74) is 8.74. The Bertz CT molecular complexity index is 512. The number of hydrogen-bond acceptors (Lipinski definition) is 3. The van der Waals surface area contributed by atoms with Gasteiger partial charge in [-0.05, 0) is 43.8 Å². The van der Waals surface area contributed by atoms with E-state index >= 15 is 0 Å². The maximum absolute atomic E-state index is 12.3. The zero-order valence-corrected chi connectivity index (χ0v) is 15.3. The Hall–Kier alpha value is -1.00. The van der Waals surface area contributed by atoms with Crippen LogP contribution in [0.1, 0.15) is 49.7 Å². The summed E-state index contributed by atoms with van der Waals surface area (Å²) in [6.45, 7) is 2.85. The highest BCUT2D eigenvalue weighted by atomic mass is 32.2. The van der Waals surface area contributed by atoms with Gasteiger partial charge >= 0.3 is 0 Å². The Balaban J connectivity index is 2.06. The van der Waals surface area contributed by atoms with Crippen molar-refractivity contribution in [1.29, 1.82) is 0 Å². The van der Waals surface area contributed by atoms with Crippen molar-refractivity contribution in [3.63, 3.8) is 0 Å². The lowest BCUT2D eigenvalue weighted by molar-refractivity contribution is -0.122. The minimum Gasteiger partial charge on any atom is -0.354 e. The van der Waals surface area contributed by atoms with E-state index in [1.807, 2.05) is 6.26 Å². The van der Waals surface area contributed by atoms with E-state index in [1.54, 1.807) is 11.8 Å². The van der Waals surface area contributed by atoms with Gasteiger partial charge in [0, 0.05) is 12.0 Å². The fourth-order valence-electron chi connectivity index (χ4n) is 3.53. The van der Waals surface area contributed by atoms with Gasteiger partial charge in [-0.1, -0.05) is 49.1 Å². The van der Waals surface area contributed by atoms with Gasteiger partial charge in [0.05, 0.1) is 6.04 Å². The molecule has 1 aromatic carbocycles. The van der Waals surface area contributed by atoms with Gasteiger partial charge in [-0.15, -0.1) is 0 Å². The van der Waals surface area contributed by atoms with Gasteiger partial charge in [0.1, 0.15) is 0 Å². The summed E-state index contributed by atoms with van der Waals surface area (Å²) in [6.07, 6.45) is 8.86. The van der Waals surface area contributed by atoms with Crippen LogP contribution in [0, 0.1) is 6.92 Å². The number of rotatable bonds is 7. The first kappa shape index (κ1) is 18.3. The van der Waals surface area contributed by atoms with Gasteiger partial charge in [0.15, 0.2) is 0 Å². The third-order valence-corrected chi connectivity index (χ3v) is 5.66. The van der Waals surface area contributed by atoms with E-state index in [2.05, 4.69) is 36.5 Å². The molecule has 0 aliphatic heterocycles. The number of carbonyl (C=O) groups excluding carboxylic acids is 1. The van der Waals surface area contributed by atoms with Crippen molar-refractivity contribution in [2.45, 2.75) is 56.9 Å². The lowest BCUT2D eigenvalue weighted by Gasteiger charge is -2.38. The molecular weight excluding hydrogens is 304 g/mol. The molecule has 3 N–H and O–H groups in total. The molecule has 128 valence electrons. The number of thioether (sulfide) groups is 1. The zero-order chi connectivity index (χ0) is 16.7. The average molecular weight is 335 g/mol. The van der Waals surface area contributed by atoms with Gasteiger partial charge < -0.3 is 11.1 Å². The smallest absolute Gasteiger partial charge is 0.236 e. The minimum atomic E-state index is -0.388. The number of hydrogen-bond donors (Lipinski definition) is 2. The summed E-state index contributed by atoms with van der Waals surface area (Å²) in [5, 5.41) is 3.15. The van der Waals surface area contributed by atoms with Gasteiger partial charge in [-0.2, -0.15) is 11.8 Å². The van der Waals surface area contributed by atoms with Gasteiger partial charge in [0.25, 0.3) is 0 Å². The topological polar surface area (TPSA) is 55.1 Å². The van der Waals surface area contributed by atoms with Gasteiger partial charge in [-0.25, -0.2) is 0 Å². The lowest BCUT2D eigenvalue weighted by Crippen LogP contribution is -2.47.